The minimum Gasteiger partial charge on any atom is -0.477 e. The quantitative estimate of drug-likeness (QED) is 0.744. The van der Waals surface area contributed by atoms with Crippen molar-refractivity contribution in [2.45, 2.75) is 20.0 Å². The molecular formula is C11H15NO4. The van der Waals surface area contributed by atoms with Crippen LogP contribution in [0.15, 0.2) is 18.3 Å². The van der Waals surface area contributed by atoms with E-state index in [-0.39, 0.29) is 24.2 Å². The van der Waals surface area contributed by atoms with E-state index in [9.17, 15) is 4.79 Å². The van der Waals surface area contributed by atoms with Gasteiger partial charge in [-0.25, -0.2) is 9.78 Å². The van der Waals surface area contributed by atoms with Crippen LogP contribution in [0, 0.1) is 0 Å². The highest BCUT2D eigenvalue weighted by Crippen LogP contribution is 2.13. The Morgan fingerprint density at radius 1 is 1.50 bits per heavy atom. The van der Waals surface area contributed by atoms with E-state index in [1.807, 2.05) is 13.8 Å². The van der Waals surface area contributed by atoms with E-state index in [0.29, 0.717) is 6.61 Å². The third-order valence-corrected chi connectivity index (χ3v) is 1.77. The number of carboxylic acids is 1. The zero-order valence-corrected chi connectivity index (χ0v) is 9.34. The highest BCUT2D eigenvalue weighted by atomic mass is 16.5. The molecule has 0 radical (unpaired) electrons. The summed E-state index contributed by atoms with van der Waals surface area (Å²) in [5.41, 5.74) is 0.0621. The maximum Gasteiger partial charge on any atom is 0.341 e. The van der Waals surface area contributed by atoms with Gasteiger partial charge in [-0.2, -0.15) is 0 Å². The molecule has 0 atom stereocenters. The van der Waals surface area contributed by atoms with Crippen LogP contribution in [0.4, 0.5) is 0 Å². The second-order valence-electron chi connectivity index (χ2n) is 3.43. The topological polar surface area (TPSA) is 68.7 Å². The molecule has 16 heavy (non-hydrogen) atoms. The minimum atomic E-state index is -1.05. The lowest BCUT2D eigenvalue weighted by Gasteiger charge is -2.09. The molecule has 5 heteroatoms. The molecule has 0 unspecified atom stereocenters. The molecule has 0 amide bonds. The number of carboxylic acid groups (broad SMARTS) is 1. The predicted molar refractivity (Wildman–Crippen MR) is 57.8 cm³/mol. The highest BCUT2D eigenvalue weighted by Gasteiger charge is 2.11. The summed E-state index contributed by atoms with van der Waals surface area (Å²) in [5.74, 6) is -0.921. The Morgan fingerprint density at radius 2 is 2.25 bits per heavy atom. The van der Waals surface area contributed by atoms with Crippen molar-refractivity contribution in [3.63, 3.8) is 0 Å². The van der Waals surface area contributed by atoms with Crippen molar-refractivity contribution >= 4 is 5.97 Å². The van der Waals surface area contributed by atoms with Crippen molar-refractivity contribution in [2.24, 2.45) is 0 Å². The third kappa shape index (κ3) is 3.86. The van der Waals surface area contributed by atoms with E-state index in [0.717, 1.165) is 0 Å². The number of hydrogen-bond acceptors (Lipinski definition) is 4. The molecule has 0 saturated heterocycles. The summed E-state index contributed by atoms with van der Waals surface area (Å²) < 4.78 is 10.5. The van der Waals surface area contributed by atoms with Crippen molar-refractivity contribution in [3.05, 3.63) is 23.9 Å². The zero-order valence-electron chi connectivity index (χ0n) is 9.34. The molecule has 1 rings (SSSR count). The number of rotatable bonds is 6. The molecule has 0 aliphatic heterocycles. The van der Waals surface area contributed by atoms with E-state index in [4.69, 9.17) is 14.6 Å². The first-order valence-electron chi connectivity index (χ1n) is 5.04. The first-order valence-corrected chi connectivity index (χ1v) is 5.04. The van der Waals surface area contributed by atoms with Crippen LogP contribution in [0.2, 0.25) is 0 Å². The fourth-order valence-electron chi connectivity index (χ4n) is 1.09. The molecule has 0 spiro atoms. The molecule has 0 bridgehead atoms. The fourth-order valence-corrected chi connectivity index (χ4v) is 1.09. The molecule has 0 aliphatic rings. The Bertz CT molecular complexity index is 352. The van der Waals surface area contributed by atoms with Gasteiger partial charge in [0.1, 0.15) is 12.2 Å². The maximum atomic E-state index is 10.8. The largest absolute Gasteiger partial charge is 0.477 e. The highest BCUT2D eigenvalue weighted by molar-refractivity contribution is 5.90. The van der Waals surface area contributed by atoms with Crippen molar-refractivity contribution in [1.29, 1.82) is 0 Å². The molecule has 0 aromatic carbocycles. The first kappa shape index (κ1) is 12.4. The zero-order chi connectivity index (χ0) is 12.0. The number of pyridine rings is 1. The van der Waals surface area contributed by atoms with Gasteiger partial charge in [0.2, 0.25) is 5.88 Å². The molecule has 0 saturated carbocycles. The van der Waals surface area contributed by atoms with E-state index >= 15 is 0 Å². The van der Waals surface area contributed by atoms with Crippen LogP contribution in [0.1, 0.15) is 24.2 Å². The summed E-state index contributed by atoms with van der Waals surface area (Å²) in [6.45, 7) is 4.54. The Kier molecular flexibility index (Phi) is 4.72. The number of nitrogens with zero attached hydrogens (tertiary/aromatic N) is 1. The van der Waals surface area contributed by atoms with Gasteiger partial charge in [-0.05, 0) is 26.0 Å². The molecule has 1 heterocycles. The van der Waals surface area contributed by atoms with Gasteiger partial charge in [0.25, 0.3) is 0 Å². The molecule has 1 aromatic heterocycles. The molecule has 1 N–H and O–H groups in total. The Morgan fingerprint density at radius 3 is 2.88 bits per heavy atom. The summed E-state index contributed by atoms with van der Waals surface area (Å²) in [4.78, 5) is 14.7. The molecule has 0 aliphatic carbocycles. The number of aromatic nitrogens is 1. The maximum absolute atomic E-state index is 10.8. The van der Waals surface area contributed by atoms with Crippen molar-refractivity contribution in [1.82, 2.24) is 4.98 Å². The van der Waals surface area contributed by atoms with Gasteiger partial charge in [-0.1, -0.05) is 0 Å². The first-order chi connectivity index (χ1) is 7.61. The second kappa shape index (κ2) is 6.07. The lowest BCUT2D eigenvalue weighted by molar-refractivity contribution is 0.0527. The normalized spacial score (nSPS) is 10.4. The molecule has 88 valence electrons. The number of carbonyl (C=O) groups is 1. The standard InChI is InChI=1S/C11H15NO4/c1-8(2)15-6-7-16-10-9(11(13)14)4-3-5-12-10/h3-5,8H,6-7H2,1-2H3,(H,13,14). The average Bonchev–Trinajstić information content (AvgIpc) is 2.24. The van der Waals surface area contributed by atoms with Crippen LogP contribution < -0.4 is 4.74 Å². The molecule has 1 aromatic rings. The van der Waals surface area contributed by atoms with Crippen LogP contribution in [0.25, 0.3) is 0 Å². The van der Waals surface area contributed by atoms with Crippen LogP contribution >= 0.6 is 0 Å². The van der Waals surface area contributed by atoms with Gasteiger partial charge in [-0.15, -0.1) is 0 Å². The SMILES string of the molecule is CC(C)OCCOc1ncccc1C(=O)O. The van der Waals surface area contributed by atoms with Gasteiger partial charge in [0.05, 0.1) is 12.7 Å². The van der Waals surface area contributed by atoms with Gasteiger partial charge < -0.3 is 14.6 Å². The molecular weight excluding hydrogens is 210 g/mol. The van der Waals surface area contributed by atoms with Crippen molar-refractivity contribution in [2.75, 3.05) is 13.2 Å². The third-order valence-electron chi connectivity index (χ3n) is 1.77. The van der Waals surface area contributed by atoms with Crippen molar-refractivity contribution in [3.8, 4) is 5.88 Å². The Balaban J connectivity index is 2.50. The van der Waals surface area contributed by atoms with Crippen molar-refractivity contribution < 1.29 is 19.4 Å². The molecule has 5 nitrogen and oxygen atoms in total. The summed E-state index contributed by atoms with van der Waals surface area (Å²) in [6.07, 6.45) is 1.62. The van der Waals surface area contributed by atoms with E-state index in [2.05, 4.69) is 4.98 Å². The number of ether oxygens (including phenoxy) is 2. The van der Waals surface area contributed by atoms with Crippen LogP contribution in [-0.4, -0.2) is 35.4 Å². The molecule has 0 fully saturated rings. The summed E-state index contributed by atoms with van der Waals surface area (Å²) >= 11 is 0. The van der Waals surface area contributed by atoms with Crippen LogP contribution in [0.5, 0.6) is 5.88 Å². The number of aromatic carboxylic acids is 1. The van der Waals surface area contributed by atoms with Gasteiger partial charge >= 0.3 is 5.97 Å². The van der Waals surface area contributed by atoms with Gasteiger partial charge in [0.15, 0.2) is 0 Å². The van der Waals surface area contributed by atoms with E-state index in [1.54, 1.807) is 6.07 Å². The van der Waals surface area contributed by atoms with Gasteiger partial charge in [0, 0.05) is 6.20 Å². The Labute approximate surface area is 94.0 Å². The predicted octanol–water partition coefficient (Wildman–Crippen LogP) is 1.58. The van der Waals surface area contributed by atoms with Gasteiger partial charge in [-0.3, -0.25) is 0 Å². The lowest BCUT2D eigenvalue weighted by Crippen LogP contribution is -2.13. The number of hydrogen-bond donors (Lipinski definition) is 1. The van der Waals surface area contributed by atoms with E-state index < -0.39 is 5.97 Å². The van der Waals surface area contributed by atoms with Crippen LogP contribution in [0.3, 0.4) is 0 Å². The summed E-state index contributed by atoms with van der Waals surface area (Å²) in [7, 11) is 0. The minimum absolute atomic E-state index is 0.0621. The fraction of sp³-hybridized carbons (Fsp3) is 0.455. The summed E-state index contributed by atoms with van der Waals surface area (Å²) in [6, 6.07) is 3.01. The van der Waals surface area contributed by atoms with E-state index in [1.165, 1.54) is 12.3 Å². The van der Waals surface area contributed by atoms with Crippen LogP contribution in [-0.2, 0) is 4.74 Å². The monoisotopic (exact) mass is 225 g/mol. The lowest BCUT2D eigenvalue weighted by atomic mass is 10.3. The smallest absolute Gasteiger partial charge is 0.341 e. The summed E-state index contributed by atoms with van der Waals surface area (Å²) in [5, 5.41) is 8.86. The average molecular weight is 225 g/mol. The second-order valence-corrected chi connectivity index (χ2v) is 3.43. The Hall–Kier alpha value is -1.62.